The topological polar surface area (TPSA) is 123 Å². The zero-order valence-electron chi connectivity index (χ0n) is 18.1. The number of amides is 2. The molecule has 0 spiro atoms. The lowest BCUT2D eigenvalue weighted by molar-refractivity contribution is -0.115. The number of nitrogens with one attached hydrogen (secondary N) is 2. The first-order valence-electron chi connectivity index (χ1n) is 9.91. The van der Waals surface area contributed by atoms with Crippen molar-refractivity contribution in [1.29, 1.82) is 0 Å². The normalized spacial score (nSPS) is 14.5. The van der Waals surface area contributed by atoms with Crippen LogP contribution >= 0.6 is 0 Å². The van der Waals surface area contributed by atoms with Gasteiger partial charge in [-0.15, -0.1) is 0 Å². The van der Waals surface area contributed by atoms with Crippen molar-refractivity contribution >= 4 is 27.5 Å². The zero-order valence-corrected chi connectivity index (χ0v) is 18.9. The van der Waals surface area contributed by atoms with Gasteiger partial charge in [0, 0.05) is 25.7 Å². The smallest absolute Gasteiger partial charge is 0.251 e. The lowest BCUT2D eigenvalue weighted by Gasteiger charge is -2.18. The summed E-state index contributed by atoms with van der Waals surface area (Å²) in [7, 11) is -0.622. The van der Waals surface area contributed by atoms with Gasteiger partial charge in [-0.25, -0.2) is 8.42 Å². The maximum atomic E-state index is 13.0. The van der Waals surface area contributed by atoms with E-state index < -0.39 is 21.8 Å². The first-order chi connectivity index (χ1) is 14.6. The van der Waals surface area contributed by atoms with Crippen molar-refractivity contribution in [3.8, 4) is 5.75 Å². The molecule has 3 rings (SSSR count). The average Bonchev–Trinajstić information content (AvgIpc) is 3.37. The highest BCUT2D eigenvalue weighted by Gasteiger charge is 2.30. The molecule has 1 aliphatic rings. The third kappa shape index (κ3) is 4.72. The number of aryl methyl sites for hydroxylation is 2. The lowest BCUT2D eigenvalue weighted by atomic mass is 10.2. The highest BCUT2D eigenvalue weighted by atomic mass is 32.2. The molecule has 0 unspecified atom stereocenters. The van der Waals surface area contributed by atoms with Crippen LogP contribution in [0.2, 0.25) is 0 Å². The maximum Gasteiger partial charge on any atom is 0.251 e. The minimum Gasteiger partial charge on any atom is -0.495 e. The highest BCUT2D eigenvalue weighted by molar-refractivity contribution is 7.89. The molecular weight excluding hydrogens is 422 g/mol. The van der Waals surface area contributed by atoms with Crippen LogP contribution < -0.4 is 15.4 Å². The van der Waals surface area contributed by atoms with E-state index in [0.29, 0.717) is 24.5 Å². The van der Waals surface area contributed by atoms with Gasteiger partial charge in [0.05, 0.1) is 30.7 Å². The van der Waals surface area contributed by atoms with Crippen molar-refractivity contribution in [2.24, 2.45) is 7.05 Å². The molecule has 0 radical (unpaired) electrons. The molecule has 10 nitrogen and oxygen atoms in total. The molecule has 11 heteroatoms. The van der Waals surface area contributed by atoms with Crippen molar-refractivity contribution in [1.82, 2.24) is 19.4 Å². The second-order valence-corrected chi connectivity index (χ2v) is 9.28. The minimum atomic E-state index is -3.78. The molecule has 1 fully saturated rings. The fourth-order valence-electron chi connectivity index (χ4n) is 3.49. The van der Waals surface area contributed by atoms with Crippen molar-refractivity contribution in [2.75, 3.05) is 32.1 Å². The first-order valence-corrected chi connectivity index (χ1v) is 11.4. The Balaban J connectivity index is 1.72. The Kier molecular flexibility index (Phi) is 6.65. The van der Waals surface area contributed by atoms with Crippen LogP contribution in [0.25, 0.3) is 0 Å². The van der Waals surface area contributed by atoms with Crippen LogP contribution in [0, 0.1) is 13.8 Å². The van der Waals surface area contributed by atoms with E-state index in [1.54, 1.807) is 18.7 Å². The van der Waals surface area contributed by atoms with Crippen LogP contribution in [-0.2, 0) is 21.9 Å². The summed E-state index contributed by atoms with van der Waals surface area (Å²) in [6.07, 6.45) is 1.60. The number of carbonyl (C=O) groups excluding carboxylic acids is 2. The summed E-state index contributed by atoms with van der Waals surface area (Å²) >= 11 is 0. The van der Waals surface area contributed by atoms with Crippen LogP contribution in [0.15, 0.2) is 23.1 Å². The fourth-order valence-corrected chi connectivity index (χ4v) is 5.19. The van der Waals surface area contributed by atoms with Crippen molar-refractivity contribution in [3.63, 3.8) is 0 Å². The number of sulfonamides is 1. The summed E-state index contributed by atoms with van der Waals surface area (Å²) in [5, 5.41) is 9.49. The number of nitrogens with zero attached hydrogens (tertiary/aromatic N) is 3. The van der Waals surface area contributed by atoms with Gasteiger partial charge in [0.15, 0.2) is 0 Å². The molecular formula is C20H27N5O5S. The molecule has 0 bridgehead atoms. The Labute approximate surface area is 181 Å². The predicted octanol–water partition coefficient (Wildman–Crippen LogP) is 1.20. The van der Waals surface area contributed by atoms with Gasteiger partial charge in [0.25, 0.3) is 5.91 Å². The number of hydrogen-bond acceptors (Lipinski definition) is 6. The van der Waals surface area contributed by atoms with E-state index in [1.807, 2.05) is 6.92 Å². The molecule has 1 aromatic heterocycles. The molecule has 1 aromatic carbocycles. The van der Waals surface area contributed by atoms with E-state index in [1.165, 1.54) is 29.6 Å². The second kappa shape index (κ2) is 9.06. The third-order valence-electron chi connectivity index (χ3n) is 5.29. The number of benzene rings is 1. The van der Waals surface area contributed by atoms with Gasteiger partial charge in [-0.2, -0.15) is 9.40 Å². The van der Waals surface area contributed by atoms with E-state index in [0.717, 1.165) is 18.5 Å². The summed E-state index contributed by atoms with van der Waals surface area (Å²) in [6, 6.07) is 4.19. The Morgan fingerprint density at radius 2 is 1.87 bits per heavy atom. The van der Waals surface area contributed by atoms with Gasteiger partial charge in [0.1, 0.15) is 10.6 Å². The number of methoxy groups -OCH3 is 1. The number of rotatable bonds is 7. The summed E-state index contributed by atoms with van der Waals surface area (Å²) in [6.45, 7) is 4.21. The van der Waals surface area contributed by atoms with Gasteiger partial charge in [-0.1, -0.05) is 0 Å². The van der Waals surface area contributed by atoms with Crippen LogP contribution in [0.3, 0.4) is 0 Å². The molecule has 0 aliphatic carbocycles. The van der Waals surface area contributed by atoms with Crippen LogP contribution in [0.4, 0.5) is 5.69 Å². The molecule has 2 amide bonds. The minimum absolute atomic E-state index is 0.0596. The Bertz CT molecular complexity index is 1100. The third-order valence-corrected chi connectivity index (χ3v) is 7.21. The molecule has 2 heterocycles. The standard InChI is InChI=1S/C20H27N5O5S/c1-13-19(14(2)24(3)23-13)22-18(26)12-21-20(27)15-7-8-16(30-4)17(11-15)31(28,29)25-9-5-6-10-25/h7-8,11H,5-6,9-10,12H2,1-4H3,(H,21,27)(H,22,26). The Morgan fingerprint density at radius 1 is 1.19 bits per heavy atom. The first kappa shape index (κ1) is 22.8. The van der Waals surface area contributed by atoms with E-state index in [-0.39, 0.29) is 22.8 Å². The monoisotopic (exact) mass is 449 g/mol. The highest BCUT2D eigenvalue weighted by Crippen LogP contribution is 2.29. The van der Waals surface area contributed by atoms with E-state index in [4.69, 9.17) is 4.74 Å². The molecule has 0 atom stereocenters. The SMILES string of the molecule is COc1ccc(C(=O)NCC(=O)Nc2c(C)nn(C)c2C)cc1S(=O)(=O)N1CCCC1. The molecule has 168 valence electrons. The van der Waals surface area contributed by atoms with Crippen LogP contribution in [0.1, 0.15) is 34.6 Å². The summed E-state index contributed by atoms with van der Waals surface area (Å²) in [5.74, 6) is -0.801. The van der Waals surface area contributed by atoms with E-state index >= 15 is 0 Å². The number of hydrogen-bond donors (Lipinski definition) is 2. The van der Waals surface area contributed by atoms with Gasteiger partial charge < -0.3 is 15.4 Å². The summed E-state index contributed by atoms with van der Waals surface area (Å²) in [5.41, 5.74) is 2.20. The van der Waals surface area contributed by atoms with Crippen LogP contribution in [-0.4, -0.2) is 61.1 Å². The van der Waals surface area contributed by atoms with Crippen molar-refractivity contribution in [2.45, 2.75) is 31.6 Å². The van der Waals surface area contributed by atoms with E-state index in [9.17, 15) is 18.0 Å². The largest absolute Gasteiger partial charge is 0.495 e. The number of carbonyl (C=O) groups is 2. The van der Waals surface area contributed by atoms with Gasteiger partial charge in [-0.05, 0) is 44.9 Å². The Hall–Kier alpha value is -2.92. The van der Waals surface area contributed by atoms with Crippen molar-refractivity contribution in [3.05, 3.63) is 35.2 Å². The second-order valence-electron chi connectivity index (χ2n) is 7.38. The quantitative estimate of drug-likeness (QED) is 0.655. The molecule has 1 saturated heterocycles. The number of aromatic nitrogens is 2. The lowest BCUT2D eigenvalue weighted by Crippen LogP contribution is -2.33. The predicted molar refractivity (Wildman–Crippen MR) is 115 cm³/mol. The maximum absolute atomic E-state index is 13.0. The molecule has 1 aliphatic heterocycles. The van der Waals surface area contributed by atoms with Crippen molar-refractivity contribution < 1.29 is 22.7 Å². The van der Waals surface area contributed by atoms with Gasteiger partial charge >= 0.3 is 0 Å². The van der Waals surface area contributed by atoms with Crippen LogP contribution in [0.5, 0.6) is 5.75 Å². The average molecular weight is 450 g/mol. The summed E-state index contributed by atoms with van der Waals surface area (Å²) in [4.78, 5) is 24.8. The van der Waals surface area contributed by atoms with Gasteiger partial charge in [0.2, 0.25) is 15.9 Å². The summed E-state index contributed by atoms with van der Waals surface area (Å²) < 4.78 is 34.2. The molecule has 31 heavy (non-hydrogen) atoms. The Morgan fingerprint density at radius 3 is 2.45 bits per heavy atom. The van der Waals surface area contributed by atoms with Gasteiger partial charge in [-0.3, -0.25) is 14.3 Å². The molecule has 2 N–H and O–H groups in total. The fraction of sp³-hybridized carbons (Fsp3) is 0.450. The number of anilines is 1. The molecule has 2 aromatic rings. The molecule has 0 saturated carbocycles. The zero-order chi connectivity index (χ0) is 22.8. The van der Waals surface area contributed by atoms with E-state index in [2.05, 4.69) is 15.7 Å². The number of ether oxygens (including phenoxy) is 1.